The van der Waals surface area contributed by atoms with E-state index in [4.69, 9.17) is 18.9 Å². The van der Waals surface area contributed by atoms with Crippen LogP contribution in [0.4, 0.5) is 0 Å². The summed E-state index contributed by atoms with van der Waals surface area (Å²) in [6.07, 6.45) is 0.782. The van der Waals surface area contributed by atoms with Crippen molar-refractivity contribution in [2.75, 3.05) is 20.3 Å². The van der Waals surface area contributed by atoms with Crippen LogP contribution >= 0.6 is 0 Å². The molecule has 0 aliphatic heterocycles. The fraction of sp³-hybridized carbons (Fsp3) is 0.429. The summed E-state index contributed by atoms with van der Waals surface area (Å²) in [7, 11) is 1.64. The standard InChI is InChI=1S/C21H28O4/c1-5-16(2)18-7-6-8-21(15-18)25-17(3)23-13-14-24-20-11-9-19(22-4)10-12-20/h6-12,15-17H,5,13-14H2,1-4H3. The molecule has 2 atom stereocenters. The van der Waals surface area contributed by atoms with E-state index >= 15 is 0 Å². The van der Waals surface area contributed by atoms with Gasteiger partial charge in [-0.2, -0.15) is 0 Å². The summed E-state index contributed by atoms with van der Waals surface area (Å²) in [5, 5.41) is 0. The average Bonchev–Trinajstić information content (AvgIpc) is 2.65. The van der Waals surface area contributed by atoms with E-state index < -0.39 is 0 Å². The smallest absolute Gasteiger partial charge is 0.197 e. The van der Waals surface area contributed by atoms with Crippen LogP contribution in [-0.2, 0) is 4.74 Å². The molecule has 0 N–H and O–H groups in total. The third-order valence-electron chi connectivity index (χ3n) is 4.11. The lowest BCUT2D eigenvalue weighted by Gasteiger charge is -2.17. The lowest BCUT2D eigenvalue weighted by atomic mass is 9.99. The lowest BCUT2D eigenvalue weighted by molar-refractivity contribution is -0.0739. The minimum Gasteiger partial charge on any atom is -0.497 e. The van der Waals surface area contributed by atoms with Crippen LogP contribution in [0, 0.1) is 0 Å². The van der Waals surface area contributed by atoms with Crippen molar-refractivity contribution in [3.8, 4) is 17.2 Å². The first kappa shape index (κ1) is 19.1. The highest BCUT2D eigenvalue weighted by atomic mass is 16.7. The van der Waals surface area contributed by atoms with E-state index in [9.17, 15) is 0 Å². The molecular formula is C21H28O4. The number of hydrogen-bond donors (Lipinski definition) is 0. The zero-order valence-electron chi connectivity index (χ0n) is 15.5. The molecule has 0 saturated carbocycles. The highest BCUT2D eigenvalue weighted by Crippen LogP contribution is 2.23. The Bertz CT molecular complexity index is 624. The maximum Gasteiger partial charge on any atom is 0.197 e. The molecule has 0 heterocycles. The predicted molar refractivity (Wildman–Crippen MR) is 99.7 cm³/mol. The van der Waals surface area contributed by atoms with Crippen LogP contribution in [0.1, 0.15) is 38.7 Å². The molecule has 2 unspecified atom stereocenters. The van der Waals surface area contributed by atoms with Gasteiger partial charge in [0.15, 0.2) is 6.29 Å². The summed E-state index contributed by atoms with van der Waals surface area (Å²) < 4.78 is 22.3. The first-order valence-corrected chi connectivity index (χ1v) is 8.77. The molecule has 0 radical (unpaired) electrons. The van der Waals surface area contributed by atoms with E-state index in [0.29, 0.717) is 19.1 Å². The lowest BCUT2D eigenvalue weighted by Crippen LogP contribution is -2.20. The van der Waals surface area contributed by atoms with Crippen LogP contribution in [-0.4, -0.2) is 26.6 Å². The van der Waals surface area contributed by atoms with Gasteiger partial charge < -0.3 is 18.9 Å². The highest BCUT2D eigenvalue weighted by Gasteiger charge is 2.07. The van der Waals surface area contributed by atoms with Crippen LogP contribution in [0.3, 0.4) is 0 Å². The number of methoxy groups -OCH3 is 1. The Kier molecular flexibility index (Phi) is 7.61. The zero-order chi connectivity index (χ0) is 18.1. The summed E-state index contributed by atoms with van der Waals surface area (Å²) in [5.41, 5.74) is 1.29. The van der Waals surface area contributed by atoms with Gasteiger partial charge in [-0.25, -0.2) is 0 Å². The minimum atomic E-state index is -0.327. The summed E-state index contributed by atoms with van der Waals surface area (Å²) in [4.78, 5) is 0. The number of benzene rings is 2. The highest BCUT2D eigenvalue weighted by molar-refractivity contribution is 5.31. The molecule has 2 rings (SSSR count). The number of hydrogen-bond acceptors (Lipinski definition) is 4. The molecule has 0 saturated heterocycles. The van der Waals surface area contributed by atoms with E-state index in [1.807, 2.05) is 43.3 Å². The van der Waals surface area contributed by atoms with Crippen molar-refractivity contribution >= 4 is 0 Å². The molecule has 2 aromatic rings. The number of rotatable bonds is 10. The maximum atomic E-state index is 5.84. The van der Waals surface area contributed by atoms with Crippen molar-refractivity contribution < 1.29 is 18.9 Å². The third kappa shape index (κ3) is 6.31. The van der Waals surface area contributed by atoms with Gasteiger partial charge in [0.1, 0.15) is 23.9 Å². The fourth-order valence-electron chi connectivity index (χ4n) is 2.40. The van der Waals surface area contributed by atoms with Crippen LogP contribution in [0.2, 0.25) is 0 Å². The molecular weight excluding hydrogens is 316 g/mol. The largest absolute Gasteiger partial charge is 0.497 e. The summed E-state index contributed by atoms with van der Waals surface area (Å²) in [6.45, 7) is 7.22. The van der Waals surface area contributed by atoms with Crippen LogP contribution in [0.25, 0.3) is 0 Å². The molecule has 0 aliphatic carbocycles. The van der Waals surface area contributed by atoms with Crippen molar-refractivity contribution in [2.24, 2.45) is 0 Å². The Balaban J connectivity index is 1.72. The first-order valence-electron chi connectivity index (χ1n) is 8.77. The van der Waals surface area contributed by atoms with Gasteiger partial charge in [0.2, 0.25) is 0 Å². The molecule has 25 heavy (non-hydrogen) atoms. The Hall–Kier alpha value is -2.20. The second kappa shape index (κ2) is 9.94. The van der Waals surface area contributed by atoms with E-state index in [2.05, 4.69) is 26.0 Å². The third-order valence-corrected chi connectivity index (χ3v) is 4.11. The molecule has 0 fully saturated rings. The van der Waals surface area contributed by atoms with E-state index in [0.717, 1.165) is 23.7 Å². The SMILES string of the molecule is CCC(C)c1cccc(OC(C)OCCOc2ccc(OC)cc2)c1. The summed E-state index contributed by atoms with van der Waals surface area (Å²) in [5.74, 6) is 2.96. The zero-order valence-corrected chi connectivity index (χ0v) is 15.5. The van der Waals surface area contributed by atoms with E-state index in [1.54, 1.807) is 7.11 Å². The Morgan fingerprint density at radius 2 is 1.60 bits per heavy atom. The van der Waals surface area contributed by atoms with Gasteiger partial charge in [0.05, 0.1) is 13.7 Å². The molecule has 0 spiro atoms. The van der Waals surface area contributed by atoms with Gasteiger partial charge in [-0.3, -0.25) is 0 Å². The van der Waals surface area contributed by atoms with Crippen molar-refractivity contribution in [3.05, 3.63) is 54.1 Å². The number of ether oxygens (including phenoxy) is 4. The van der Waals surface area contributed by atoms with Gasteiger partial charge in [-0.05, 0) is 61.2 Å². The molecule has 2 aromatic carbocycles. The van der Waals surface area contributed by atoms with E-state index in [1.165, 1.54) is 5.56 Å². The van der Waals surface area contributed by atoms with Crippen LogP contribution < -0.4 is 14.2 Å². The Morgan fingerprint density at radius 3 is 2.28 bits per heavy atom. The molecule has 0 aliphatic rings. The van der Waals surface area contributed by atoms with Gasteiger partial charge >= 0.3 is 0 Å². The van der Waals surface area contributed by atoms with Crippen molar-refractivity contribution in [2.45, 2.75) is 39.4 Å². The maximum absolute atomic E-state index is 5.84. The first-order chi connectivity index (χ1) is 12.1. The molecule has 0 aromatic heterocycles. The van der Waals surface area contributed by atoms with Gasteiger partial charge in [0.25, 0.3) is 0 Å². The van der Waals surface area contributed by atoms with Crippen LogP contribution in [0.5, 0.6) is 17.2 Å². The topological polar surface area (TPSA) is 36.9 Å². The molecule has 136 valence electrons. The summed E-state index contributed by atoms with van der Waals surface area (Å²) in [6, 6.07) is 15.7. The second-order valence-corrected chi connectivity index (χ2v) is 5.96. The quantitative estimate of drug-likeness (QED) is 0.447. The normalized spacial score (nSPS) is 13.1. The Morgan fingerprint density at radius 1 is 0.880 bits per heavy atom. The molecule has 0 amide bonds. The Labute approximate surface area is 150 Å². The van der Waals surface area contributed by atoms with Gasteiger partial charge in [-0.15, -0.1) is 0 Å². The van der Waals surface area contributed by atoms with Gasteiger partial charge in [0, 0.05) is 0 Å². The average molecular weight is 344 g/mol. The van der Waals surface area contributed by atoms with Gasteiger partial charge in [-0.1, -0.05) is 26.0 Å². The van der Waals surface area contributed by atoms with E-state index in [-0.39, 0.29) is 6.29 Å². The molecule has 0 bridgehead atoms. The molecule has 4 heteroatoms. The predicted octanol–water partition coefficient (Wildman–Crippen LogP) is 5.03. The van der Waals surface area contributed by atoms with Crippen molar-refractivity contribution in [3.63, 3.8) is 0 Å². The fourth-order valence-corrected chi connectivity index (χ4v) is 2.40. The van der Waals surface area contributed by atoms with Crippen molar-refractivity contribution in [1.29, 1.82) is 0 Å². The van der Waals surface area contributed by atoms with Crippen molar-refractivity contribution in [1.82, 2.24) is 0 Å². The minimum absolute atomic E-state index is 0.327. The summed E-state index contributed by atoms with van der Waals surface area (Å²) >= 11 is 0. The monoisotopic (exact) mass is 344 g/mol. The molecule has 4 nitrogen and oxygen atoms in total. The second-order valence-electron chi connectivity index (χ2n) is 5.96. The van der Waals surface area contributed by atoms with Crippen LogP contribution in [0.15, 0.2) is 48.5 Å².